The number of nitrogens with one attached hydrogen (secondary N) is 2. The molecule has 1 heterocycles. The van der Waals surface area contributed by atoms with E-state index in [4.69, 9.17) is 4.74 Å². The van der Waals surface area contributed by atoms with E-state index in [1.807, 2.05) is 24.3 Å². The van der Waals surface area contributed by atoms with Gasteiger partial charge >= 0.3 is 0 Å². The van der Waals surface area contributed by atoms with Crippen molar-refractivity contribution in [3.8, 4) is 5.75 Å². The molecular formula is C15H22N2O2. The van der Waals surface area contributed by atoms with Gasteiger partial charge in [-0.15, -0.1) is 0 Å². The van der Waals surface area contributed by atoms with E-state index in [-0.39, 0.29) is 5.91 Å². The summed E-state index contributed by atoms with van der Waals surface area (Å²) in [6, 6.07) is 7.49. The number of anilines is 1. The third-order valence-electron chi connectivity index (χ3n) is 3.56. The highest BCUT2D eigenvalue weighted by molar-refractivity contribution is 5.92. The molecule has 0 radical (unpaired) electrons. The van der Waals surface area contributed by atoms with Crippen LogP contribution < -0.4 is 15.4 Å². The van der Waals surface area contributed by atoms with Crippen molar-refractivity contribution in [1.82, 2.24) is 5.32 Å². The zero-order valence-corrected chi connectivity index (χ0v) is 11.4. The zero-order valence-electron chi connectivity index (χ0n) is 11.4. The highest BCUT2D eigenvalue weighted by Crippen LogP contribution is 2.23. The van der Waals surface area contributed by atoms with Crippen molar-refractivity contribution in [1.29, 1.82) is 0 Å². The second-order valence-corrected chi connectivity index (χ2v) is 5.00. The Kier molecular flexibility index (Phi) is 5.21. The maximum atomic E-state index is 11.9. The van der Waals surface area contributed by atoms with Crippen LogP contribution in [-0.2, 0) is 4.79 Å². The van der Waals surface area contributed by atoms with E-state index >= 15 is 0 Å². The Hall–Kier alpha value is -1.55. The van der Waals surface area contributed by atoms with E-state index in [9.17, 15) is 4.79 Å². The first-order chi connectivity index (χ1) is 9.29. The summed E-state index contributed by atoms with van der Waals surface area (Å²) in [6.45, 7) is 2.16. The van der Waals surface area contributed by atoms with E-state index in [1.165, 1.54) is 12.8 Å². The lowest BCUT2D eigenvalue weighted by atomic mass is 9.94. The van der Waals surface area contributed by atoms with Crippen molar-refractivity contribution in [2.75, 3.05) is 25.5 Å². The molecule has 1 unspecified atom stereocenters. The van der Waals surface area contributed by atoms with Crippen LogP contribution in [0.3, 0.4) is 0 Å². The monoisotopic (exact) mass is 262 g/mol. The van der Waals surface area contributed by atoms with Gasteiger partial charge in [-0.1, -0.05) is 12.1 Å². The Labute approximate surface area is 114 Å². The number of benzene rings is 1. The van der Waals surface area contributed by atoms with Crippen LogP contribution in [0.5, 0.6) is 5.75 Å². The molecule has 0 aromatic heterocycles. The van der Waals surface area contributed by atoms with Crippen LogP contribution in [-0.4, -0.2) is 26.1 Å². The van der Waals surface area contributed by atoms with Gasteiger partial charge in [0.1, 0.15) is 5.75 Å². The van der Waals surface area contributed by atoms with Crippen LogP contribution in [0.2, 0.25) is 0 Å². The van der Waals surface area contributed by atoms with Gasteiger partial charge in [-0.05, 0) is 50.4 Å². The summed E-state index contributed by atoms with van der Waals surface area (Å²) in [6.07, 6.45) is 3.98. The molecule has 104 valence electrons. The fourth-order valence-corrected chi connectivity index (χ4v) is 2.47. The van der Waals surface area contributed by atoms with Gasteiger partial charge in [-0.3, -0.25) is 4.79 Å². The van der Waals surface area contributed by atoms with Crippen molar-refractivity contribution in [2.24, 2.45) is 5.92 Å². The topological polar surface area (TPSA) is 50.4 Å². The second-order valence-electron chi connectivity index (χ2n) is 5.00. The number of para-hydroxylation sites is 2. The Morgan fingerprint density at radius 2 is 2.32 bits per heavy atom. The van der Waals surface area contributed by atoms with Gasteiger partial charge in [0.2, 0.25) is 5.91 Å². The van der Waals surface area contributed by atoms with E-state index in [0.29, 0.717) is 18.1 Å². The standard InChI is InChI=1S/C15H22N2O2/c1-19-14-7-3-2-6-13(14)17-15(18)9-8-12-5-4-10-16-11-12/h2-3,6-7,12,16H,4-5,8-11H2,1H3,(H,17,18). The molecule has 19 heavy (non-hydrogen) atoms. The molecule has 1 atom stereocenters. The average molecular weight is 262 g/mol. The normalized spacial score (nSPS) is 18.9. The summed E-state index contributed by atoms with van der Waals surface area (Å²) < 4.78 is 5.22. The first kappa shape index (κ1) is 13.9. The fraction of sp³-hybridized carbons (Fsp3) is 0.533. The Balaban J connectivity index is 1.80. The third kappa shape index (κ3) is 4.24. The summed E-state index contributed by atoms with van der Waals surface area (Å²) >= 11 is 0. The number of rotatable bonds is 5. The van der Waals surface area contributed by atoms with Crippen molar-refractivity contribution >= 4 is 11.6 Å². The van der Waals surface area contributed by atoms with Gasteiger partial charge in [0.05, 0.1) is 12.8 Å². The van der Waals surface area contributed by atoms with Gasteiger partial charge in [0.15, 0.2) is 0 Å². The maximum Gasteiger partial charge on any atom is 0.224 e. The number of carbonyl (C=O) groups is 1. The number of ether oxygens (including phenoxy) is 1. The predicted octanol–water partition coefficient (Wildman–Crippen LogP) is 2.41. The highest BCUT2D eigenvalue weighted by Gasteiger charge is 2.15. The van der Waals surface area contributed by atoms with E-state index in [2.05, 4.69) is 10.6 Å². The van der Waals surface area contributed by atoms with Crippen LogP contribution in [0.25, 0.3) is 0 Å². The van der Waals surface area contributed by atoms with E-state index < -0.39 is 0 Å². The van der Waals surface area contributed by atoms with Crippen molar-refractivity contribution in [3.63, 3.8) is 0 Å². The molecular weight excluding hydrogens is 240 g/mol. The number of methoxy groups -OCH3 is 1. The van der Waals surface area contributed by atoms with Crippen molar-refractivity contribution < 1.29 is 9.53 Å². The number of hydrogen-bond acceptors (Lipinski definition) is 3. The summed E-state index contributed by atoms with van der Waals surface area (Å²) in [5.41, 5.74) is 0.747. The molecule has 0 saturated carbocycles. The van der Waals surface area contributed by atoms with Crippen molar-refractivity contribution in [2.45, 2.75) is 25.7 Å². The smallest absolute Gasteiger partial charge is 0.224 e. The third-order valence-corrected chi connectivity index (χ3v) is 3.56. The number of carbonyl (C=O) groups excluding carboxylic acids is 1. The van der Waals surface area contributed by atoms with E-state index in [1.54, 1.807) is 7.11 Å². The van der Waals surface area contributed by atoms with E-state index in [0.717, 1.165) is 25.2 Å². The Morgan fingerprint density at radius 1 is 1.47 bits per heavy atom. The predicted molar refractivity (Wildman–Crippen MR) is 76.5 cm³/mol. The van der Waals surface area contributed by atoms with Crippen LogP contribution in [0.1, 0.15) is 25.7 Å². The Bertz CT molecular complexity index is 414. The van der Waals surface area contributed by atoms with Crippen LogP contribution in [0, 0.1) is 5.92 Å². The molecule has 4 heteroatoms. The minimum Gasteiger partial charge on any atom is -0.495 e. The quantitative estimate of drug-likeness (QED) is 0.856. The first-order valence-electron chi connectivity index (χ1n) is 6.93. The van der Waals surface area contributed by atoms with Gasteiger partial charge < -0.3 is 15.4 Å². The molecule has 0 spiro atoms. The van der Waals surface area contributed by atoms with Gasteiger partial charge in [-0.25, -0.2) is 0 Å². The largest absolute Gasteiger partial charge is 0.495 e. The number of amides is 1. The molecule has 1 aromatic carbocycles. The summed E-state index contributed by atoms with van der Waals surface area (Å²) in [4.78, 5) is 11.9. The molecule has 4 nitrogen and oxygen atoms in total. The van der Waals surface area contributed by atoms with Gasteiger partial charge in [-0.2, -0.15) is 0 Å². The Morgan fingerprint density at radius 3 is 3.05 bits per heavy atom. The van der Waals surface area contributed by atoms with Crippen molar-refractivity contribution in [3.05, 3.63) is 24.3 Å². The van der Waals surface area contributed by atoms with Crippen LogP contribution >= 0.6 is 0 Å². The molecule has 0 aliphatic carbocycles. The first-order valence-corrected chi connectivity index (χ1v) is 6.93. The van der Waals surface area contributed by atoms with Gasteiger partial charge in [0.25, 0.3) is 0 Å². The SMILES string of the molecule is COc1ccccc1NC(=O)CCC1CCCNC1. The molecule has 1 fully saturated rings. The number of piperidine rings is 1. The average Bonchev–Trinajstić information content (AvgIpc) is 2.47. The summed E-state index contributed by atoms with van der Waals surface area (Å²) in [5, 5.41) is 6.29. The molecule has 2 rings (SSSR count). The molecule has 1 saturated heterocycles. The fourth-order valence-electron chi connectivity index (χ4n) is 2.47. The lowest BCUT2D eigenvalue weighted by Gasteiger charge is -2.22. The lowest BCUT2D eigenvalue weighted by Crippen LogP contribution is -2.30. The van der Waals surface area contributed by atoms with Crippen LogP contribution in [0.15, 0.2) is 24.3 Å². The highest BCUT2D eigenvalue weighted by atomic mass is 16.5. The molecule has 2 N–H and O–H groups in total. The molecule has 1 aromatic rings. The molecule has 1 aliphatic rings. The maximum absolute atomic E-state index is 11.9. The molecule has 1 aliphatic heterocycles. The van der Waals surface area contributed by atoms with Gasteiger partial charge in [0, 0.05) is 6.42 Å². The summed E-state index contributed by atoms with van der Waals surface area (Å²) in [5.74, 6) is 1.41. The molecule has 1 amide bonds. The zero-order chi connectivity index (χ0) is 13.5. The minimum absolute atomic E-state index is 0.0649. The minimum atomic E-state index is 0.0649. The summed E-state index contributed by atoms with van der Waals surface area (Å²) in [7, 11) is 1.61. The van der Waals surface area contributed by atoms with Crippen LogP contribution in [0.4, 0.5) is 5.69 Å². The molecule has 0 bridgehead atoms. The number of hydrogen-bond donors (Lipinski definition) is 2. The lowest BCUT2D eigenvalue weighted by molar-refractivity contribution is -0.116. The second kappa shape index (κ2) is 7.14.